The third-order valence-corrected chi connectivity index (χ3v) is 8.76. The number of anilines is 1. The maximum atomic E-state index is 13.4. The second-order valence-corrected chi connectivity index (χ2v) is 11.5. The normalized spacial score (nSPS) is 12.2. The van der Waals surface area contributed by atoms with Crippen molar-refractivity contribution in [1.82, 2.24) is 4.98 Å². The molecule has 6 nitrogen and oxygen atoms in total. The summed E-state index contributed by atoms with van der Waals surface area (Å²) < 4.78 is 28.8. The lowest BCUT2D eigenvalue weighted by Crippen LogP contribution is -2.27. The molecule has 0 fully saturated rings. The number of aromatic nitrogens is 1. The minimum Gasteiger partial charge on any atom is -0.365 e. The molecule has 0 unspecified atom stereocenters. The van der Waals surface area contributed by atoms with Gasteiger partial charge in [0.05, 0.1) is 15.5 Å². The van der Waals surface area contributed by atoms with E-state index in [4.69, 9.17) is 17.3 Å². The first-order valence-corrected chi connectivity index (χ1v) is 12.4. The average Bonchev–Trinajstić information content (AvgIpc) is 3.42. The molecule has 4 aromatic rings. The van der Waals surface area contributed by atoms with Gasteiger partial charge in [-0.2, -0.15) is 0 Å². The van der Waals surface area contributed by atoms with Crippen molar-refractivity contribution in [1.29, 1.82) is 0 Å². The summed E-state index contributed by atoms with van der Waals surface area (Å²) in [5.74, 6) is -0.538. The Morgan fingerprint density at radius 3 is 2.53 bits per heavy atom. The van der Waals surface area contributed by atoms with Crippen molar-refractivity contribution in [3.8, 4) is 0 Å². The molecule has 0 spiro atoms. The van der Waals surface area contributed by atoms with Crippen molar-refractivity contribution in [2.45, 2.75) is 24.2 Å². The molecule has 0 aliphatic rings. The number of carbonyl (C=O) groups excluding carboxylic acids is 1. The first-order chi connectivity index (χ1) is 15.0. The summed E-state index contributed by atoms with van der Waals surface area (Å²) in [4.78, 5) is 15.2. The Balaban J connectivity index is 1.75. The van der Waals surface area contributed by atoms with E-state index in [1.54, 1.807) is 24.3 Å². The van der Waals surface area contributed by atoms with Gasteiger partial charge in [-0.05, 0) is 65.5 Å². The fraction of sp³-hybridized carbons (Fsp3) is 0.174. The van der Waals surface area contributed by atoms with Gasteiger partial charge in [0.25, 0.3) is 15.9 Å². The number of halogens is 1. The van der Waals surface area contributed by atoms with Crippen molar-refractivity contribution in [2.24, 2.45) is 5.73 Å². The van der Waals surface area contributed by atoms with E-state index in [2.05, 4.69) is 4.98 Å². The summed E-state index contributed by atoms with van der Waals surface area (Å²) in [6.45, 7) is 4.09. The Kier molecular flexibility index (Phi) is 5.56. The average molecular weight is 488 g/mol. The molecule has 32 heavy (non-hydrogen) atoms. The molecular weight excluding hydrogens is 466 g/mol. The van der Waals surface area contributed by atoms with Crippen LogP contribution in [0.4, 0.5) is 5.69 Å². The fourth-order valence-electron chi connectivity index (χ4n) is 3.59. The van der Waals surface area contributed by atoms with Gasteiger partial charge in [-0.3, -0.25) is 9.10 Å². The number of nitrogens with zero attached hydrogens (tertiary/aromatic N) is 1. The van der Waals surface area contributed by atoms with Crippen molar-refractivity contribution in [2.75, 3.05) is 11.4 Å². The van der Waals surface area contributed by atoms with Crippen LogP contribution >= 0.6 is 22.9 Å². The highest BCUT2D eigenvalue weighted by atomic mass is 35.5. The lowest BCUT2D eigenvalue weighted by Gasteiger charge is -2.27. The second-order valence-electron chi connectivity index (χ2n) is 8.05. The SMILES string of the molecule is CN(c1cc(Cl)cc(C(C)(C)c2ccc[nH]2)c1)S(=O)(=O)c1ccc2sc(C(N)=O)cc2c1. The molecule has 1 amide bonds. The summed E-state index contributed by atoms with van der Waals surface area (Å²) in [5, 5.41) is 1.09. The molecule has 0 aliphatic carbocycles. The van der Waals surface area contributed by atoms with Crippen molar-refractivity contribution in [3.05, 3.63) is 82.0 Å². The standard InChI is InChI=1S/C23H22ClN3O3S2/c1-23(2,21-5-4-8-26-21)15-11-16(24)13-17(12-15)27(3)32(29,30)18-6-7-19-14(9-18)10-20(31-19)22(25)28/h4-13,26H,1-3H3,(H2,25,28). The molecule has 2 aromatic heterocycles. The first-order valence-electron chi connectivity index (χ1n) is 9.77. The molecule has 0 aliphatic heterocycles. The number of rotatable bonds is 6. The Morgan fingerprint density at radius 1 is 1.12 bits per heavy atom. The van der Waals surface area contributed by atoms with Crippen LogP contribution in [0.5, 0.6) is 0 Å². The number of fused-ring (bicyclic) bond motifs is 1. The van der Waals surface area contributed by atoms with Crippen molar-refractivity contribution >= 4 is 54.6 Å². The minimum atomic E-state index is -3.87. The maximum absolute atomic E-state index is 13.4. The molecule has 0 saturated heterocycles. The number of primary amides is 1. The number of H-pyrrole nitrogens is 1. The lowest BCUT2D eigenvalue weighted by molar-refractivity contribution is 0.100. The fourth-order valence-corrected chi connectivity index (χ4v) is 5.93. The van der Waals surface area contributed by atoms with E-state index in [-0.39, 0.29) is 4.90 Å². The molecule has 3 N–H and O–H groups in total. The van der Waals surface area contributed by atoms with E-state index in [9.17, 15) is 13.2 Å². The second kappa shape index (κ2) is 7.95. The topological polar surface area (TPSA) is 96.3 Å². The summed E-state index contributed by atoms with van der Waals surface area (Å²) in [6.07, 6.45) is 1.85. The molecule has 9 heteroatoms. The smallest absolute Gasteiger partial charge is 0.264 e. The summed E-state index contributed by atoms with van der Waals surface area (Å²) in [6, 6.07) is 15.6. The Hall–Kier alpha value is -2.81. The number of amides is 1. The number of hydrogen-bond donors (Lipinski definition) is 2. The number of sulfonamides is 1. The number of nitrogens with two attached hydrogens (primary N) is 1. The molecular formula is C23H22ClN3O3S2. The monoisotopic (exact) mass is 487 g/mol. The van der Waals surface area contributed by atoms with E-state index in [1.165, 1.54) is 28.8 Å². The van der Waals surface area contributed by atoms with Crippen LogP contribution < -0.4 is 10.0 Å². The van der Waals surface area contributed by atoms with Gasteiger partial charge in [0.1, 0.15) is 0 Å². The summed E-state index contributed by atoms with van der Waals surface area (Å²) >= 11 is 7.63. The van der Waals surface area contributed by atoms with Crippen LogP contribution in [0.15, 0.2) is 65.7 Å². The van der Waals surface area contributed by atoms with Crippen LogP contribution in [-0.2, 0) is 15.4 Å². The van der Waals surface area contributed by atoms with Crippen LogP contribution in [0, 0.1) is 0 Å². The minimum absolute atomic E-state index is 0.117. The van der Waals surface area contributed by atoms with Gasteiger partial charge in [0.2, 0.25) is 0 Å². The number of aromatic amines is 1. The van der Waals surface area contributed by atoms with Crippen molar-refractivity contribution in [3.63, 3.8) is 0 Å². The van der Waals surface area contributed by atoms with Gasteiger partial charge < -0.3 is 10.7 Å². The third kappa shape index (κ3) is 3.90. The van der Waals surface area contributed by atoms with Gasteiger partial charge in [0, 0.05) is 34.1 Å². The quantitative estimate of drug-likeness (QED) is 0.394. The van der Waals surface area contributed by atoms with Gasteiger partial charge in [-0.15, -0.1) is 11.3 Å². The zero-order valence-electron chi connectivity index (χ0n) is 17.7. The molecule has 0 bridgehead atoms. The molecule has 0 saturated carbocycles. The van der Waals surface area contributed by atoms with Crippen LogP contribution in [0.2, 0.25) is 5.02 Å². The number of thiophene rings is 1. The van der Waals surface area contributed by atoms with E-state index in [1.807, 2.05) is 44.3 Å². The molecule has 166 valence electrons. The molecule has 0 atom stereocenters. The highest BCUT2D eigenvalue weighted by molar-refractivity contribution is 7.92. The summed E-state index contributed by atoms with van der Waals surface area (Å²) in [7, 11) is -2.37. The highest BCUT2D eigenvalue weighted by Crippen LogP contribution is 2.36. The van der Waals surface area contributed by atoms with Crippen LogP contribution in [0.25, 0.3) is 10.1 Å². The Bertz CT molecular complexity index is 1420. The van der Waals surface area contributed by atoms with Gasteiger partial charge in [-0.1, -0.05) is 25.4 Å². The van der Waals surface area contributed by atoms with E-state index in [0.717, 1.165) is 16.0 Å². The van der Waals surface area contributed by atoms with Crippen molar-refractivity contribution < 1.29 is 13.2 Å². The van der Waals surface area contributed by atoms with Gasteiger partial charge in [0.15, 0.2) is 0 Å². The maximum Gasteiger partial charge on any atom is 0.264 e. The summed E-state index contributed by atoms with van der Waals surface area (Å²) in [5.41, 5.74) is 7.27. The van der Waals surface area contributed by atoms with Gasteiger partial charge >= 0.3 is 0 Å². The van der Waals surface area contributed by atoms with Crippen LogP contribution in [0.1, 0.15) is 34.8 Å². The molecule has 4 rings (SSSR count). The molecule has 0 radical (unpaired) electrons. The van der Waals surface area contributed by atoms with E-state index >= 15 is 0 Å². The van der Waals surface area contributed by atoms with Crippen LogP contribution in [0.3, 0.4) is 0 Å². The number of benzene rings is 2. The Morgan fingerprint density at radius 2 is 1.88 bits per heavy atom. The lowest BCUT2D eigenvalue weighted by atomic mass is 9.81. The van der Waals surface area contributed by atoms with E-state index < -0.39 is 21.3 Å². The largest absolute Gasteiger partial charge is 0.365 e. The molecule has 2 aromatic carbocycles. The number of hydrogen-bond acceptors (Lipinski definition) is 4. The zero-order valence-corrected chi connectivity index (χ0v) is 20.1. The number of carbonyl (C=O) groups is 1. The predicted octanol–water partition coefficient (Wildman–Crippen LogP) is 5.13. The number of nitrogens with one attached hydrogen (secondary N) is 1. The van der Waals surface area contributed by atoms with Gasteiger partial charge in [-0.25, -0.2) is 8.42 Å². The zero-order chi connectivity index (χ0) is 23.3. The Labute approximate surface area is 195 Å². The third-order valence-electron chi connectivity index (χ3n) is 5.63. The van der Waals surface area contributed by atoms with E-state index in [0.29, 0.717) is 21.0 Å². The first kappa shape index (κ1) is 22.4. The highest BCUT2D eigenvalue weighted by Gasteiger charge is 2.28. The molecule has 2 heterocycles. The van der Waals surface area contributed by atoms with Crippen LogP contribution in [-0.4, -0.2) is 26.4 Å². The predicted molar refractivity (Wildman–Crippen MR) is 130 cm³/mol.